The number of nitrogens with two attached hydrogens (primary N) is 1. The molecule has 0 aliphatic heterocycles. The molecule has 3 nitrogen and oxygen atoms in total. The van der Waals surface area contributed by atoms with Gasteiger partial charge >= 0.3 is 0 Å². The second-order valence-electron chi connectivity index (χ2n) is 4.40. The van der Waals surface area contributed by atoms with Crippen molar-refractivity contribution in [3.8, 4) is 5.75 Å². The van der Waals surface area contributed by atoms with E-state index in [-0.39, 0.29) is 6.04 Å². The molecule has 0 bridgehead atoms. The van der Waals surface area contributed by atoms with E-state index in [1.165, 1.54) is 17.7 Å². The van der Waals surface area contributed by atoms with Crippen LogP contribution in [0.5, 0.6) is 5.75 Å². The van der Waals surface area contributed by atoms with Crippen LogP contribution in [0.4, 0.5) is 0 Å². The van der Waals surface area contributed by atoms with Gasteiger partial charge in [-0.3, -0.25) is 11.3 Å². The summed E-state index contributed by atoms with van der Waals surface area (Å²) in [6, 6.07) is 2.21. The summed E-state index contributed by atoms with van der Waals surface area (Å²) >= 11 is 1.70. The Hall–Kier alpha value is -0.580. The van der Waals surface area contributed by atoms with Crippen LogP contribution in [0.3, 0.4) is 0 Å². The molecule has 0 spiro atoms. The minimum atomic E-state index is 0.216. The predicted octanol–water partition coefficient (Wildman–Crippen LogP) is 3.09. The molecule has 0 radical (unpaired) electrons. The van der Waals surface area contributed by atoms with Gasteiger partial charge in [-0.05, 0) is 23.8 Å². The first-order valence-corrected chi connectivity index (χ1v) is 6.64. The van der Waals surface area contributed by atoms with E-state index in [1.54, 1.807) is 18.4 Å². The van der Waals surface area contributed by atoms with E-state index in [0.29, 0.717) is 0 Å². The zero-order valence-electron chi connectivity index (χ0n) is 10.3. The number of methoxy groups -OCH3 is 1. The van der Waals surface area contributed by atoms with Gasteiger partial charge < -0.3 is 4.74 Å². The summed E-state index contributed by atoms with van der Waals surface area (Å²) in [6.45, 7) is 4.49. The molecule has 4 heteroatoms. The number of hydrogen-bond donors (Lipinski definition) is 2. The van der Waals surface area contributed by atoms with E-state index in [9.17, 15) is 0 Å². The lowest BCUT2D eigenvalue weighted by atomic mass is 10.0. The van der Waals surface area contributed by atoms with E-state index < -0.39 is 0 Å². The molecule has 0 fully saturated rings. The number of hydrazine groups is 1. The van der Waals surface area contributed by atoms with Crippen molar-refractivity contribution in [3.05, 3.63) is 16.3 Å². The van der Waals surface area contributed by atoms with Crippen LogP contribution in [0.2, 0.25) is 0 Å². The Morgan fingerprint density at radius 3 is 2.75 bits per heavy atom. The minimum Gasteiger partial charge on any atom is -0.496 e. The van der Waals surface area contributed by atoms with Crippen LogP contribution >= 0.6 is 11.3 Å². The summed E-state index contributed by atoms with van der Waals surface area (Å²) < 4.78 is 5.31. The predicted molar refractivity (Wildman–Crippen MR) is 69.6 cm³/mol. The Morgan fingerprint density at radius 1 is 1.44 bits per heavy atom. The van der Waals surface area contributed by atoms with Crippen molar-refractivity contribution in [2.75, 3.05) is 7.11 Å². The van der Waals surface area contributed by atoms with Crippen molar-refractivity contribution in [2.24, 2.45) is 11.8 Å². The second kappa shape index (κ2) is 6.89. The number of thiophene rings is 1. The molecule has 1 rings (SSSR count). The molecule has 3 N–H and O–H groups in total. The molecular formula is C12H22N2OS. The maximum absolute atomic E-state index is 5.61. The van der Waals surface area contributed by atoms with E-state index >= 15 is 0 Å². The van der Waals surface area contributed by atoms with Gasteiger partial charge in [-0.25, -0.2) is 0 Å². The topological polar surface area (TPSA) is 47.3 Å². The molecule has 1 atom stereocenters. The van der Waals surface area contributed by atoms with Crippen molar-refractivity contribution in [3.63, 3.8) is 0 Å². The lowest BCUT2D eigenvalue weighted by molar-refractivity contribution is 0.395. The molecule has 1 aromatic rings. The van der Waals surface area contributed by atoms with Crippen LogP contribution in [-0.2, 0) is 0 Å². The Morgan fingerprint density at radius 2 is 2.19 bits per heavy atom. The average Bonchev–Trinajstić information content (AvgIpc) is 2.72. The van der Waals surface area contributed by atoms with Gasteiger partial charge in [0.25, 0.3) is 0 Å². The Kier molecular flexibility index (Phi) is 5.80. The molecule has 1 aromatic heterocycles. The fourth-order valence-corrected chi connectivity index (χ4v) is 2.71. The van der Waals surface area contributed by atoms with Crippen LogP contribution in [0, 0.1) is 5.92 Å². The Bertz CT molecular complexity index is 299. The highest BCUT2D eigenvalue weighted by Crippen LogP contribution is 2.33. The summed E-state index contributed by atoms with van der Waals surface area (Å²) in [5, 5.41) is 2.04. The highest BCUT2D eigenvalue weighted by Gasteiger charge is 2.15. The van der Waals surface area contributed by atoms with E-state index in [1.807, 2.05) is 11.4 Å². The highest BCUT2D eigenvalue weighted by molar-refractivity contribution is 7.10. The third-order valence-electron chi connectivity index (χ3n) is 2.67. The molecule has 0 aliphatic carbocycles. The largest absolute Gasteiger partial charge is 0.496 e. The first kappa shape index (κ1) is 13.5. The molecule has 1 unspecified atom stereocenters. The van der Waals surface area contributed by atoms with E-state index in [0.717, 1.165) is 18.1 Å². The SMILES string of the molecule is COc1ccsc1C(CCCC(C)C)NN. The normalized spacial score (nSPS) is 13.1. The van der Waals surface area contributed by atoms with Crippen molar-refractivity contribution in [2.45, 2.75) is 39.2 Å². The minimum absolute atomic E-state index is 0.216. The third-order valence-corrected chi connectivity index (χ3v) is 3.68. The standard InChI is InChI=1S/C12H22N2OS/c1-9(2)5-4-6-10(14-13)12-11(15-3)7-8-16-12/h7-10,14H,4-6,13H2,1-3H3. The fraction of sp³-hybridized carbons (Fsp3) is 0.667. The quantitative estimate of drug-likeness (QED) is 0.570. The van der Waals surface area contributed by atoms with Gasteiger partial charge in [0.05, 0.1) is 18.0 Å². The summed E-state index contributed by atoms with van der Waals surface area (Å²) in [7, 11) is 1.70. The molecule has 1 heterocycles. The first-order valence-electron chi connectivity index (χ1n) is 5.76. The van der Waals surface area contributed by atoms with Crippen molar-refractivity contribution < 1.29 is 4.74 Å². The molecule has 0 amide bonds. The van der Waals surface area contributed by atoms with Gasteiger partial charge in [0, 0.05) is 0 Å². The maximum Gasteiger partial charge on any atom is 0.134 e. The summed E-state index contributed by atoms with van der Waals surface area (Å²) in [6.07, 6.45) is 3.49. The molecule has 0 saturated heterocycles. The summed E-state index contributed by atoms with van der Waals surface area (Å²) in [5.74, 6) is 7.30. The van der Waals surface area contributed by atoms with Gasteiger partial charge in [0.1, 0.15) is 5.75 Å². The van der Waals surface area contributed by atoms with Gasteiger partial charge in [-0.1, -0.05) is 26.7 Å². The van der Waals surface area contributed by atoms with Gasteiger partial charge in [0.2, 0.25) is 0 Å². The van der Waals surface area contributed by atoms with Crippen LogP contribution in [0.15, 0.2) is 11.4 Å². The second-order valence-corrected chi connectivity index (χ2v) is 5.34. The number of rotatable bonds is 7. The monoisotopic (exact) mass is 242 g/mol. The average molecular weight is 242 g/mol. The molecular weight excluding hydrogens is 220 g/mol. The summed E-state index contributed by atoms with van der Waals surface area (Å²) in [5.41, 5.74) is 2.88. The number of hydrogen-bond acceptors (Lipinski definition) is 4. The van der Waals surface area contributed by atoms with Gasteiger partial charge in [0.15, 0.2) is 0 Å². The zero-order valence-corrected chi connectivity index (χ0v) is 11.1. The smallest absolute Gasteiger partial charge is 0.134 e. The van der Waals surface area contributed by atoms with Gasteiger partial charge in [-0.2, -0.15) is 0 Å². The van der Waals surface area contributed by atoms with Crippen LogP contribution in [0.1, 0.15) is 44.0 Å². The Labute approximate surface area is 102 Å². The molecule has 0 aromatic carbocycles. The van der Waals surface area contributed by atoms with Crippen molar-refractivity contribution >= 4 is 11.3 Å². The Balaban J connectivity index is 2.53. The van der Waals surface area contributed by atoms with Crippen LogP contribution in [0.25, 0.3) is 0 Å². The third kappa shape index (κ3) is 3.77. The number of nitrogens with one attached hydrogen (secondary N) is 1. The van der Waals surface area contributed by atoms with Crippen LogP contribution in [-0.4, -0.2) is 7.11 Å². The van der Waals surface area contributed by atoms with Gasteiger partial charge in [-0.15, -0.1) is 11.3 Å². The lowest BCUT2D eigenvalue weighted by Gasteiger charge is -2.16. The van der Waals surface area contributed by atoms with Crippen LogP contribution < -0.4 is 16.0 Å². The molecule has 0 saturated carbocycles. The summed E-state index contributed by atoms with van der Waals surface area (Å²) in [4.78, 5) is 1.20. The van der Waals surface area contributed by atoms with Crippen molar-refractivity contribution in [1.29, 1.82) is 0 Å². The fourth-order valence-electron chi connectivity index (χ4n) is 1.75. The number of ether oxygens (including phenoxy) is 1. The maximum atomic E-state index is 5.61. The lowest BCUT2D eigenvalue weighted by Crippen LogP contribution is -2.27. The highest BCUT2D eigenvalue weighted by atomic mass is 32.1. The zero-order chi connectivity index (χ0) is 12.0. The van der Waals surface area contributed by atoms with Crippen molar-refractivity contribution in [1.82, 2.24) is 5.43 Å². The van der Waals surface area contributed by atoms with E-state index in [4.69, 9.17) is 10.6 Å². The molecule has 92 valence electrons. The molecule has 16 heavy (non-hydrogen) atoms. The first-order chi connectivity index (χ1) is 7.69. The van der Waals surface area contributed by atoms with E-state index in [2.05, 4.69) is 19.3 Å². The molecule has 0 aliphatic rings.